The highest BCUT2D eigenvalue weighted by atomic mass is 79.9. The third-order valence-electron chi connectivity index (χ3n) is 6.46. The van der Waals surface area contributed by atoms with Gasteiger partial charge >= 0.3 is 12.1 Å². The van der Waals surface area contributed by atoms with Gasteiger partial charge in [-0.25, -0.2) is 9.59 Å². The normalized spacial score (nSPS) is 19.9. The molecule has 4 rings (SSSR count). The lowest BCUT2D eigenvalue weighted by Crippen LogP contribution is -2.39. The molecular weight excluding hydrogens is 622 g/mol. The van der Waals surface area contributed by atoms with Crippen molar-refractivity contribution < 1.29 is 36.2 Å². The number of halogens is 1. The number of amides is 3. The highest BCUT2D eigenvalue weighted by molar-refractivity contribution is 9.10. The lowest BCUT2D eigenvalue weighted by atomic mass is 10.0. The van der Waals surface area contributed by atoms with Crippen molar-refractivity contribution in [1.29, 1.82) is 0 Å². The van der Waals surface area contributed by atoms with Gasteiger partial charge in [0.1, 0.15) is 17.7 Å². The van der Waals surface area contributed by atoms with Gasteiger partial charge in [0.2, 0.25) is 11.8 Å². The monoisotopic (exact) mass is 657 g/mol. The Labute approximate surface area is 248 Å². The Morgan fingerprint density at radius 1 is 1.22 bits per heavy atom. The molecule has 3 heterocycles. The van der Waals surface area contributed by atoms with Gasteiger partial charge in [0, 0.05) is 17.6 Å². The third-order valence-corrected chi connectivity index (χ3v) is 8.36. The number of aromatic nitrogens is 2. The molecule has 41 heavy (non-hydrogen) atoms. The number of hydrogen-bond donors (Lipinski definition) is 1. The minimum absolute atomic E-state index is 0.0291. The second-order valence-electron chi connectivity index (χ2n) is 10.9. The molecule has 226 valence electrons. The standard InChI is InChI=1S/C26H36BrN5O8S/c1-5-6-13-37-32-18-9-12-21(31(16-18)25(32)34)23-30-29-22(38-23)14-19(15-28-24(33)39-26(2,3)4)40-41(35,36)20-10-7-17(27)8-11-20/h7-8,10-11,18-19,21H,5-6,9,12-16H2,1-4H3,(H,28,33)/t18-,19?,21-/m0/s1. The Morgan fingerprint density at radius 3 is 2.63 bits per heavy atom. The van der Waals surface area contributed by atoms with Crippen LogP contribution in [0.3, 0.4) is 0 Å². The predicted octanol–water partition coefficient (Wildman–Crippen LogP) is 4.35. The molecule has 1 unspecified atom stereocenters. The van der Waals surface area contributed by atoms with E-state index in [1.54, 1.807) is 37.8 Å². The van der Waals surface area contributed by atoms with Crippen LogP contribution in [0.5, 0.6) is 0 Å². The van der Waals surface area contributed by atoms with Gasteiger partial charge in [-0.1, -0.05) is 29.3 Å². The molecule has 2 fully saturated rings. The van der Waals surface area contributed by atoms with Gasteiger partial charge in [-0.05, 0) is 64.3 Å². The molecule has 1 aromatic heterocycles. The number of ether oxygens (including phenoxy) is 1. The molecule has 0 saturated carbocycles. The van der Waals surface area contributed by atoms with Gasteiger partial charge in [-0.15, -0.1) is 10.2 Å². The average Bonchev–Trinajstić information content (AvgIpc) is 3.45. The summed E-state index contributed by atoms with van der Waals surface area (Å²) in [4.78, 5) is 32.6. The highest BCUT2D eigenvalue weighted by Gasteiger charge is 2.47. The maximum absolute atomic E-state index is 13.0. The molecule has 2 saturated heterocycles. The Balaban J connectivity index is 1.46. The summed E-state index contributed by atoms with van der Waals surface area (Å²) >= 11 is 3.28. The zero-order valence-corrected chi connectivity index (χ0v) is 25.9. The molecule has 3 atom stereocenters. The van der Waals surface area contributed by atoms with Crippen LogP contribution in [0.4, 0.5) is 9.59 Å². The second-order valence-corrected chi connectivity index (χ2v) is 13.4. The Bertz CT molecular complexity index is 1310. The van der Waals surface area contributed by atoms with Crippen molar-refractivity contribution in [2.75, 3.05) is 19.7 Å². The second kappa shape index (κ2) is 13.0. The van der Waals surface area contributed by atoms with E-state index in [0.29, 0.717) is 30.5 Å². The fourth-order valence-corrected chi connectivity index (χ4v) is 5.87. The number of nitrogens with one attached hydrogen (secondary N) is 1. The summed E-state index contributed by atoms with van der Waals surface area (Å²) in [5, 5.41) is 12.3. The molecule has 2 aliphatic rings. The first-order chi connectivity index (χ1) is 19.4. The van der Waals surface area contributed by atoms with E-state index in [-0.39, 0.29) is 41.7 Å². The summed E-state index contributed by atoms with van der Waals surface area (Å²) in [6.07, 6.45) is 1.22. The maximum atomic E-state index is 13.0. The molecule has 0 spiro atoms. The Hall–Kier alpha value is -2.75. The number of benzene rings is 1. The number of unbranched alkanes of at least 4 members (excludes halogenated alkanes) is 1. The van der Waals surface area contributed by atoms with Gasteiger partial charge in [0.15, 0.2) is 0 Å². The largest absolute Gasteiger partial charge is 0.444 e. The first-order valence-corrected chi connectivity index (χ1v) is 15.8. The van der Waals surface area contributed by atoms with Crippen LogP contribution in [0.1, 0.15) is 71.2 Å². The van der Waals surface area contributed by atoms with Crippen molar-refractivity contribution >= 4 is 38.2 Å². The number of fused-ring (bicyclic) bond motifs is 2. The van der Waals surface area contributed by atoms with E-state index in [2.05, 4.69) is 38.4 Å². The van der Waals surface area contributed by atoms with E-state index < -0.39 is 34.0 Å². The smallest absolute Gasteiger partial charge is 0.407 e. The molecule has 2 bridgehead atoms. The molecule has 15 heteroatoms. The van der Waals surface area contributed by atoms with Crippen LogP contribution in [-0.4, -0.2) is 78.1 Å². The summed E-state index contributed by atoms with van der Waals surface area (Å²) in [7, 11) is -4.20. The minimum Gasteiger partial charge on any atom is -0.444 e. The molecule has 1 N–H and O–H groups in total. The van der Waals surface area contributed by atoms with E-state index in [4.69, 9.17) is 18.2 Å². The van der Waals surface area contributed by atoms with E-state index in [1.165, 1.54) is 17.2 Å². The molecule has 0 aliphatic carbocycles. The van der Waals surface area contributed by atoms with Crippen LogP contribution < -0.4 is 5.32 Å². The van der Waals surface area contributed by atoms with Gasteiger partial charge in [-0.3, -0.25) is 9.02 Å². The number of piperidine rings is 1. The molecular formula is C26H36BrN5O8S. The summed E-state index contributed by atoms with van der Waals surface area (Å²) in [5.74, 6) is 0.351. The Kier molecular flexibility index (Phi) is 9.93. The van der Waals surface area contributed by atoms with E-state index in [0.717, 1.165) is 12.8 Å². The summed E-state index contributed by atoms with van der Waals surface area (Å²) in [6.45, 7) is 7.96. The van der Waals surface area contributed by atoms with E-state index in [1.807, 2.05) is 0 Å². The van der Waals surface area contributed by atoms with Gasteiger partial charge in [-0.2, -0.15) is 13.5 Å². The van der Waals surface area contributed by atoms with Crippen LogP contribution in [0.25, 0.3) is 0 Å². The van der Waals surface area contributed by atoms with Crippen molar-refractivity contribution in [2.24, 2.45) is 0 Å². The fraction of sp³-hybridized carbons (Fsp3) is 0.615. The molecule has 3 amide bonds. The number of rotatable bonds is 12. The van der Waals surface area contributed by atoms with Crippen molar-refractivity contribution in [2.45, 2.75) is 88.5 Å². The predicted molar refractivity (Wildman–Crippen MR) is 149 cm³/mol. The first-order valence-electron chi connectivity index (χ1n) is 13.6. The van der Waals surface area contributed by atoms with Crippen LogP contribution >= 0.6 is 15.9 Å². The highest BCUT2D eigenvalue weighted by Crippen LogP contribution is 2.38. The maximum Gasteiger partial charge on any atom is 0.407 e. The van der Waals surface area contributed by atoms with Crippen LogP contribution in [0.2, 0.25) is 0 Å². The summed E-state index contributed by atoms with van der Waals surface area (Å²) in [6, 6.07) is 5.28. The number of carbonyl (C=O) groups is 2. The quantitative estimate of drug-likeness (QED) is 0.257. The number of nitrogens with zero attached hydrogens (tertiary/aromatic N) is 4. The minimum atomic E-state index is -4.20. The number of hydrogen-bond acceptors (Lipinski definition) is 10. The SMILES string of the molecule is CCCCON1C(=O)N2C[C@@H]1CC[C@H]2c1nnc(CC(CNC(=O)OC(C)(C)C)OS(=O)(=O)c2ccc(Br)cc2)o1. The number of hydroxylamine groups is 2. The zero-order valence-electron chi connectivity index (χ0n) is 23.5. The number of carbonyl (C=O) groups excluding carboxylic acids is 2. The van der Waals surface area contributed by atoms with Crippen molar-refractivity contribution in [1.82, 2.24) is 25.5 Å². The van der Waals surface area contributed by atoms with Gasteiger partial charge in [0.05, 0.1) is 24.0 Å². The summed E-state index contributed by atoms with van der Waals surface area (Å²) < 4.78 is 43.4. The Morgan fingerprint density at radius 2 is 1.95 bits per heavy atom. The van der Waals surface area contributed by atoms with Crippen LogP contribution in [-0.2, 0) is 30.3 Å². The number of alkyl carbamates (subject to hydrolysis) is 1. The molecule has 13 nitrogen and oxygen atoms in total. The van der Waals surface area contributed by atoms with Crippen molar-refractivity contribution in [3.8, 4) is 0 Å². The first kappa shape index (κ1) is 31.2. The number of urea groups is 1. The van der Waals surface area contributed by atoms with Crippen LogP contribution in [0.15, 0.2) is 38.1 Å². The van der Waals surface area contributed by atoms with Gasteiger partial charge < -0.3 is 19.4 Å². The third kappa shape index (κ3) is 8.17. The van der Waals surface area contributed by atoms with Crippen LogP contribution in [0, 0.1) is 0 Å². The molecule has 2 aromatic rings. The molecule has 0 radical (unpaired) electrons. The molecule has 1 aromatic carbocycles. The van der Waals surface area contributed by atoms with E-state index in [9.17, 15) is 18.0 Å². The lowest BCUT2D eigenvalue weighted by molar-refractivity contribution is -0.130. The van der Waals surface area contributed by atoms with E-state index >= 15 is 0 Å². The topological polar surface area (TPSA) is 153 Å². The average molecular weight is 659 g/mol. The van der Waals surface area contributed by atoms with Crippen molar-refractivity contribution in [3.63, 3.8) is 0 Å². The van der Waals surface area contributed by atoms with Gasteiger partial charge in [0.25, 0.3) is 10.1 Å². The lowest BCUT2D eigenvalue weighted by Gasteiger charge is -2.27. The summed E-state index contributed by atoms with van der Waals surface area (Å²) in [5.41, 5.74) is -0.742. The molecule has 2 aliphatic heterocycles. The fourth-order valence-electron chi connectivity index (χ4n) is 4.53. The zero-order chi connectivity index (χ0) is 29.8. The van der Waals surface area contributed by atoms with Crippen molar-refractivity contribution in [3.05, 3.63) is 40.5 Å².